The average Bonchev–Trinajstić information content (AvgIpc) is 3.02. The van der Waals surface area contributed by atoms with Gasteiger partial charge >= 0.3 is 0 Å². The van der Waals surface area contributed by atoms with Gasteiger partial charge in [-0.2, -0.15) is 0 Å². The fourth-order valence-electron chi connectivity index (χ4n) is 4.11. The van der Waals surface area contributed by atoms with Gasteiger partial charge in [-0.3, -0.25) is 14.5 Å². The van der Waals surface area contributed by atoms with Gasteiger partial charge in [0.25, 0.3) is 5.91 Å². The number of rotatable bonds is 4. The zero-order valence-electron chi connectivity index (χ0n) is 16.6. The highest BCUT2D eigenvalue weighted by Gasteiger charge is 2.44. The smallest absolute Gasteiger partial charge is 0.251 e. The first-order chi connectivity index (χ1) is 14.0. The summed E-state index contributed by atoms with van der Waals surface area (Å²) in [4.78, 5) is 31.3. The molecule has 2 aliphatic rings. The molecule has 4 rings (SSSR count). The summed E-state index contributed by atoms with van der Waals surface area (Å²) in [5.74, 6) is 0.456. The fraction of sp³-hybridized carbons (Fsp3) is 0.364. The third kappa shape index (κ3) is 3.70. The summed E-state index contributed by atoms with van der Waals surface area (Å²) in [6.45, 7) is 4.87. The van der Waals surface area contributed by atoms with Crippen LogP contribution in [0, 0.1) is 6.92 Å². The molecule has 2 saturated heterocycles. The molecule has 29 heavy (non-hydrogen) atoms. The molecule has 7 heteroatoms. The first kappa shape index (κ1) is 19.7. The molecule has 0 saturated carbocycles. The average molecular weight is 414 g/mol. The Labute approximate surface area is 175 Å². The Morgan fingerprint density at radius 1 is 1.00 bits per heavy atom. The lowest BCUT2D eigenvalue weighted by molar-refractivity contribution is -0.123. The molecule has 2 fully saturated rings. The van der Waals surface area contributed by atoms with Crippen LogP contribution in [0.3, 0.4) is 0 Å². The van der Waals surface area contributed by atoms with Crippen LogP contribution in [0.1, 0.15) is 12.0 Å². The van der Waals surface area contributed by atoms with Crippen LogP contribution < -0.4 is 14.5 Å². The SMILES string of the molecule is COc1ccccc1N1CCN([C@H]2CC(=O)N(c3ccc(C)cc3Cl)C2=O)CC1. The number of carbonyl (C=O) groups is 2. The van der Waals surface area contributed by atoms with Crippen LogP contribution in [0.15, 0.2) is 42.5 Å². The summed E-state index contributed by atoms with van der Waals surface area (Å²) in [6.07, 6.45) is 0.192. The van der Waals surface area contributed by atoms with Gasteiger partial charge in [0, 0.05) is 26.2 Å². The van der Waals surface area contributed by atoms with Crippen LogP contribution >= 0.6 is 11.6 Å². The summed E-state index contributed by atoms with van der Waals surface area (Å²) in [7, 11) is 1.67. The van der Waals surface area contributed by atoms with Crippen molar-refractivity contribution in [2.45, 2.75) is 19.4 Å². The van der Waals surface area contributed by atoms with E-state index < -0.39 is 6.04 Å². The molecule has 0 aliphatic carbocycles. The molecule has 2 aromatic carbocycles. The van der Waals surface area contributed by atoms with Gasteiger partial charge in [0.05, 0.1) is 36.0 Å². The molecule has 2 amide bonds. The molecule has 2 aliphatic heterocycles. The number of piperazine rings is 1. The number of para-hydroxylation sites is 2. The normalized spacial score (nSPS) is 20.4. The van der Waals surface area contributed by atoms with Gasteiger partial charge in [-0.25, -0.2) is 4.90 Å². The number of hydrogen-bond acceptors (Lipinski definition) is 5. The monoisotopic (exact) mass is 413 g/mol. The fourth-order valence-corrected chi connectivity index (χ4v) is 4.43. The number of nitrogens with zero attached hydrogens (tertiary/aromatic N) is 3. The van der Waals surface area contributed by atoms with E-state index in [0.29, 0.717) is 23.8 Å². The molecule has 0 bridgehead atoms. The molecule has 0 N–H and O–H groups in total. The molecule has 2 heterocycles. The van der Waals surface area contributed by atoms with E-state index in [1.54, 1.807) is 19.2 Å². The van der Waals surface area contributed by atoms with Gasteiger partial charge in [0.15, 0.2) is 0 Å². The minimum absolute atomic E-state index is 0.188. The van der Waals surface area contributed by atoms with Crippen molar-refractivity contribution in [2.24, 2.45) is 0 Å². The number of benzene rings is 2. The zero-order valence-corrected chi connectivity index (χ0v) is 17.4. The second kappa shape index (κ2) is 8.05. The Kier molecular flexibility index (Phi) is 5.48. The molecule has 0 spiro atoms. The maximum absolute atomic E-state index is 13.1. The molecule has 0 unspecified atom stereocenters. The van der Waals surface area contributed by atoms with Crippen molar-refractivity contribution >= 4 is 34.8 Å². The molecule has 6 nitrogen and oxygen atoms in total. The topological polar surface area (TPSA) is 53.1 Å². The molecule has 1 atom stereocenters. The molecule has 0 aromatic heterocycles. The van der Waals surface area contributed by atoms with E-state index in [1.807, 2.05) is 37.3 Å². The quantitative estimate of drug-likeness (QED) is 0.721. The Morgan fingerprint density at radius 3 is 2.41 bits per heavy atom. The van der Waals surface area contributed by atoms with Crippen molar-refractivity contribution in [1.82, 2.24) is 4.90 Å². The minimum atomic E-state index is -0.431. The second-order valence-corrected chi connectivity index (χ2v) is 7.84. The Hall–Kier alpha value is -2.57. The number of amides is 2. The highest BCUT2D eigenvalue weighted by atomic mass is 35.5. The summed E-state index contributed by atoms with van der Waals surface area (Å²) in [5.41, 5.74) is 2.51. The number of hydrogen-bond donors (Lipinski definition) is 0. The van der Waals surface area contributed by atoms with Crippen LogP contribution in [0.4, 0.5) is 11.4 Å². The summed E-state index contributed by atoms with van der Waals surface area (Å²) < 4.78 is 5.47. The van der Waals surface area contributed by atoms with Crippen LogP contribution in [0.5, 0.6) is 5.75 Å². The van der Waals surface area contributed by atoms with Gasteiger partial charge in [-0.1, -0.05) is 29.8 Å². The summed E-state index contributed by atoms with van der Waals surface area (Å²) >= 11 is 6.31. The number of imide groups is 1. The van der Waals surface area contributed by atoms with Gasteiger partial charge in [0.1, 0.15) is 5.75 Å². The van der Waals surface area contributed by atoms with Crippen molar-refractivity contribution in [1.29, 1.82) is 0 Å². The maximum Gasteiger partial charge on any atom is 0.251 e. The third-order valence-corrected chi connectivity index (χ3v) is 5.95. The highest BCUT2D eigenvalue weighted by Crippen LogP contribution is 2.33. The van der Waals surface area contributed by atoms with Crippen molar-refractivity contribution in [3.05, 3.63) is 53.1 Å². The number of methoxy groups -OCH3 is 1. The van der Waals surface area contributed by atoms with E-state index in [0.717, 1.165) is 30.1 Å². The first-order valence-electron chi connectivity index (χ1n) is 9.74. The van der Waals surface area contributed by atoms with Crippen molar-refractivity contribution in [2.75, 3.05) is 43.1 Å². The molecule has 152 valence electrons. The lowest BCUT2D eigenvalue weighted by Gasteiger charge is -2.38. The highest BCUT2D eigenvalue weighted by molar-refractivity contribution is 6.36. The van der Waals surface area contributed by atoms with Gasteiger partial charge in [-0.15, -0.1) is 0 Å². The Morgan fingerprint density at radius 2 is 1.72 bits per heavy atom. The van der Waals surface area contributed by atoms with E-state index >= 15 is 0 Å². The third-order valence-electron chi connectivity index (χ3n) is 5.65. The molecular formula is C22H24ClN3O3. The van der Waals surface area contributed by atoms with Crippen LogP contribution in [0.25, 0.3) is 0 Å². The molecule has 0 radical (unpaired) electrons. The second-order valence-electron chi connectivity index (χ2n) is 7.44. The van der Waals surface area contributed by atoms with E-state index in [-0.39, 0.29) is 18.2 Å². The summed E-state index contributed by atoms with van der Waals surface area (Å²) in [5, 5.41) is 0.424. The van der Waals surface area contributed by atoms with Crippen molar-refractivity contribution in [3.8, 4) is 5.75 Å². The number of aryl methyl sites for hydroxylation is 1. The number of anilines is 2. The number of carbonyl (C=O) groups excluding carboxylic acids is 2. The Balaban J connectivity index is 1.47. The standard InChI is InChI=1S/C22H24ClN3O3/c1-15-7-8-17(16(23)13-15)26-21(27)14-19(22(26)28)25-11-9-24(10-12-25)18-5-3-4-6-20(18)29-2/h3-8,13,19H,9-12,14H2,1-2H3/t19-/m0/s1. The number of ether oxygens (including phenoxy) is 1. The number of halogens is 1. The largest absolute Gasteiger partial charge is 0.495 e. The summed E-state index contributed by atoms with van der Waals surface area (Å²) in [6, 6.07) is 12.9. The maximum atomic E-state index is 13.1. The lowest BCUT2D eigenvalue weighted by atomic mass is 10.1. The van der Waals surface area contributed by atoms with Crippen molar-refractivity contribution < 1.29 is 14.3 Å². The van der Waals surface area contributed by atoms with Gasteiger partial charge < -0.3 is 9.64 Å². The lowest BCUT2D eigenvalue weighted by Crippen LogP contribution is -2.52. The zero-order chi connectivity index (χ0) is 20.5. The van der Waals surface area contributed by atoms with Crippen LogP contribution in [-0.4, -0.2) is 56.0 Å². The Bertz CT molecular complexity index is 941. The van der Waals surface area contributed by atoms with E-state index in [1.165, 1.54) is 4.90 Å². The van der Waals surface area contributed by atoms with E-state index in [9.17, 15) is 9.59 Å². The van der Waals surface area contributed by atoms with E-state index in [4.69, 9.17) is 16.3 Å². The van der Waals surface area contributed by atoms with E-state index in [2.05, 4.69) is 9.80 Å². The molecule has 2 aromatic rings. The van der Waals surface area contributed by atoms with Crippen molar-refractivity contribution in [3.63, 3.8) is 0 Å². The van der Waals surface area contributed by atoms with Gasteiger partial charge in [0.2, 0.25) is 5.91 Å². The predicted octanol–water partition coefficient (Wildman–Crippen LogP) is 3.11. The van der Waals surface area contributed by atoms with Crippen LogP contribution in [-0.2, 0) is 9.59 Å². The predicted molar refractivity (Wildman–Crippen MR) is 114 cm³/mol. The minimum Gasteiger partial charge on any atom is -0.495 e. The first-order valence-corrected chi connectivity index (χ1v) is 10.1. The van der Waals surface area contributed by atoms with Crippen LogP contribution in [0.2, 0.25) is 5.02 Å². The van der Waals surface area contributed by atoms with Gasteiger partial charge in [-0.05, 0) is 36.8 Å². The molecular weight excluding hydrogens is 390 g/mol.